The van der Waals surface area contributed by atoms with Gasteiger partial charge in [0, 0.05) is 41.1 Å². The van der Waals surface area contributed by atoms with Gasteiger partial charge in [0.1, 0.15) is 0 Å². The van der Waals surface area contributed by atoms with Crippen LogP contribution in [-0.4, -0.2) is 24.5 Å². The lowest BCUT2D eigenvalue weighted by Gasteiger charge is -2.23. The molecule has 5 rings (SSSR count). The Kier molecular flexibility index (Phi) is 8.68. The molecule has 1 aliphatic rings. The second kappa shape index (κ2) is 12.7. The maximum Gasteiger partial charge on any atom is 0.258 e. The molecule has 0 aromatic heterocycles. The average molecular weight is 556 g/mol. The van der Waals surface area contributed by atoms with E-state index in [2.05, 4.69) is 43.1 Å². The molecule has 4 aromatic carbocycles. The molecule has 0 aliphatic carbocycles. The molecule has 0 unspecified atom stereocenters. The summed E-state index contributed by atoms with van der Waals surface area (Å²) in [7, 11) is 0. The molecule has 1 heterocycles. The van der Waals surface area contributed by atoms with E-state index in [1.165, 1.54) is 0 Å². The molecular formula is C37H37N3O2. The van der Waals surface area contributed by atoms with Crippen LogP contribution in [0.15, 0.2) is 126 Å². The van der Waals surface area contributed by atoms with Crippen molar-refractivity contribution in [3.8, 4) is 11.1 Å². The fourth-order valence-corrected chi connectivity index (χ4v) is 5.21. The van der Waals surface area contributed by atoms with E-state index in [1.54, 1.807) is 0 Å². The zero-order chi connectivity index (χ0) is 29.6. The minimum absolute atomic E-state index is 0.0459. The number of fused-ring (bicyclic) bond motifs is 1. The third kappa shape index (κ3) is 6.36. The molecule has 5 heteroatoms. The van der Waals surface area contributed by atoms with Crippen molar-refractivity contribution in [3.63, 3.8) is 0 Å². The Balaban J connectivity index is 1.45. The Hall–Kier alpha value is -4.90. The Labute approximate surface area is 248 Å². The van der Waals surface area contributed by atoms with Crippen LogP contribution in [0.2, 0.25) is 0 Å². The summed E-state index contributed by atoms with van der Waals surface area (Å²) in [6.45, 7) is 12.6. The summed E-state index contributed by atoms with van der Waals surface area (Å²) in [5.41, 5.74) is 9.43. The highest BCUT2D eigenvalue weighted by atomic mass is 16.5. The minimum Gasteiger partial charge on any atom is -0.474 e. The summed E-state index contributed by atoms with van der Waals surface area (Å²) in [6, 6.07) is 33.9. The van der Waals surface area contributed by atoms with E-state index in [4.69, 9.17) is 9.73 Å². The van der Waals surface area contributed by atoms with Crippen LogP contribution < -0.4 is 10.2 Å². The van der Waals surface area contributed by atoms with Crippen molar-refractivity contribution in [1.82, 2.24) is 5.32 Å². The lowest BCUT2D eigenvalue weighted by Crippen LogP contribution is -2.32. The van der Waals surface area contributed by atoms with E-state index < -0.39 is 0 Å². The smallest absolute Gasteiger partial charge is 0.258 e. The zero-order valence-electron chi connectivity index (χ0n) is 24.7. The summed E-state index contributed by atoms with van der Waals surface area (Å²) in [5, 5.41) is 3.40. The standard InChI is InChI=1S/C37H37N3O2/c1-25(2)38-34-23-24-40(35-18-12-11-15-31(35)27(34)5)37(41)29-19-21-30(22-20-29)39-36(42-26(3)4)33-17-10-9-16-32(33)28-13-7-6-8-14-28/h6-22,26,38H,1,23-24H2,2-5H3/b39-36-. The van der Waals surface area contributed by atoms with Gasteiger partial charge in [0.25, 0.3) is 5.91 Å². The molecule has 1 aliphatic heterocycles. The van der Waals surface area contributed by atoms with Crippen molar-refractivity contribution in [2.24, 2.45) is 4.99 Å². The molecule has 0 spiro atoms. The van der Waals surface area contributed by atoms with Gasteiger partial charge >= 0.3 is 0 Å². The fourth-order valence-electron chi connectivity index (χ4n) is 5.21. The molecule has 1 amide bonds. The van der Waals surface area contributed by atoms with E-state index in [9.17, 15) is 4.79 Å². The fraction of sp³-hybridized carbons (Fsp3) is 0.189. The molecule has 0 fully saturated rings. The Morgan fingerprint density at radius 1 is 0.881 bits per heavy atom. The predicted molar refractivity (Wildman–Crippen MR) is 174 cm³/mol. The van der Waals surface area contributed by atoms with E-state index in [1.807, 2.05) is 105 Å². The zero-order valence-corrected chi connectivity index (χ0v) is 24.7. The van der Waals surface area contributed by atoms with Gasteiger partial charge in [-0.1, -0.05) is 73.3 Å². The highest BCUT2D eigenvalue weighted by Crippen LogP contribution is 2.34. The number of hydrogen-bond donors (Lipinski definition) is 1. The molecule has 5 nitrogen and oxygen atoms in total. The number of aliphatic imine (C=N–C) groups is 1. The van der Waals surface area contributed by atoms with Crippen LogP contribution in [0.5, 0.6) is 0 Å². The van der Waals surface area contributed by atoms with Crippen LogP contribution in [0.3, 0.4) is 0 Å². The number of ether oxygens (including phenoxy) is 1. The van der Waals surface area contributed by atoms with Crippen molar-refractivity contribution in [1.29, 1.82) is 0 Å². The Bertz CT molecular complexity index is 1650. The van der Waals surface area contributed by atoms with E-state index in [0.717, 1.165) is 44.9 Å². The Morgan fingerprint density at radius 2 is 1.52 bits per heavy atom. The number of rotatable bonds is 7. The van der Waals surface area contributed by atoms with Gasteiger partial charge in [0.05, 0.1) is 17.5 Å². The van der Waals surface area contributed by atoms with Crippen molar-refractivity contribution in [2.75, 3.05) is 11.4 Å². The number of nitrogens with one attached hydrogen (secondary N) is 1. The van der Waals surface area contributed by atoms with Crippen LogP contribution in [0.4, 0.5) is 11.4 Å². The first-order valence-electron chi connectivity index (χ1n) is 14.4. The van der Waals surface area contributed by atoms with Crippen molar-refractivity contribution in [3.05, 3.63) is 138 Å². The number of nitrogens with zero attached hydrogens (tertiary/aromatic N) is 2. The second-order valence-corrected chi connectivity index (χ2v) is 10.8. The molecule has 0 saturated carbocycles. The topological polar surface area (TPSA) is 53.9 Å². The largest absolute Gasteiger partial charge is 0.474 e. The first kappa shape index (κ1) is 28.6. The van der Waals surface area contributed by atoms with Gasteiger partial charge in [-0.25, -0.2) is 4.99 Å². The number of hydrogen-bond acceptors (Lipinski definition) is 4. The number of benzene rings is 4. The summed E-state index contributed by atoms with van der Waals surface area (Å²) in [5.74, 6) is 0.500. The van der Waals surface area contributed by atoms with Crippen molar-refractivity contribution in [2.45, 2.75) is 40.2 Å². The van der Waals surface area contributed by atoms with E-state index >= 15 is 0 Å². The van der Waals surface area contributed by atoms with Gasteiger partial charge < -0.3 is 15.0 Å². The summed E-state index contributed by atoms with van der Waals surface area (Å²) < 4.78 is 6.23. The first-order valence-corrected chi connectivity index (χ1v) is 14.4. The van der Waals surface area contributed by atoms with Gasteiger partial charge in [-0.15, -0.1) is 0 Å². The average Bonchev–Trinajstić information content (AvgIpc) is 3.13. The number of amides is 1. The van der Waals surface area contributed by atoms with E-state index in [-0.39, 0.29) is 12.0 Å². The number of carbonyl (C=O) groups excluding carboxylic acids is 1. The molecular weight excluding hydrogens is 518 g/mol. The van der Waals surface area contributed by atoms with Crippen LogP contribution in [0.25, 0.3) is 16.7 Å². The van der Waals surface area contributed by atoms with Gasteiger partial charge in [-0.2, -0.15) is 0 Å². The lowest BCUT2D eigenvalue weighted by atomic mass is 9.99. The molecule has 0 bridgehead atoms. The molecule has 1 N–H and O–H groups in total. The lowest BCUT2D eigenvalue weighted by molar-refractivity contribution is 0.0987. The Morgan fingerprint density at radius 3 is 2.21 bits per heavy atom. The summed E-state index contributed by atoms with van der Waals surface area (Å²) in [6.07, 6.45) is 0.649. The van der Waals surface area contributed by atoms with Gasteiger partial charge in [-0.05, 0) is 80.8 Å². The third-order valence-electron chi connectivity index (χ3n) is 7.18. The van der Waals surface area contributed by atoms with Crippen LogP contribution in [-0.2, 0) is 4.74 Å². The van der Waals surface area contributed by atoms with Gasteiger partial charge in [-0.3, -0.25) is 4.79 Å². The van der Waals surface area contributed by atoms with Gasteiger partial charge in [0.2, 0.25) is 5.90 Å². The van der Waals surface area contributed by atoms with Crippen molar-refractivity contribution >= 4 is 28.8 Å². The molecule has 0 saturated heterocycles. The molecule has 4 aromatic rings. The highest BCUT2D eigenvalue weighted by Gasteiger charge is 2.25. The van der Waals surface area contributed by atoms with Crippen molar-refractivity contribution < 1.29 is 9.53 Å². The molecule has 0 radical (unpaired) electrons. The maximum atomic E-state index is 13.9. The SMILES string of the molecule is C=C(C)NC1=C(C)c2ccccc2N(C(=O)c2ccc(/N=C(\OC(C)C)c3ccccc3-c3ccccc3)cc2)CC1. The number of allylic oxidation sites excluding steroid dienone is 2. The summed E-state index contributed by atoms with van der Waals surface area (Å²) in [4.78, 5) is 20.6. The maximum absolute atomic E-state index is 13.9. The van der Waals surface area contributed by atoms with E-state index in [0.29, 0.717) is 30.1 Å². The second-order valence-electron chi connectivity index (χ2n) is 10.8. The third-order valence-corrected chi connectivity index (χ3v) is 7.18. The van der Waals surface area contributed by atoms with Crippen LogP contribution in [0, 0.1) is 0 Å². The van der Waals surface area contributed by atoms with Gasteiger partial charge in [0.15, 0.2) is 0 Å². The van der Waals surface area contributed by atoms with Crippen LogP contribution in [0.1, 0.15) is 55.6 Å². The molecule has 212 valence electrons. The number of para-hydroxylation sites is 1. The van der Waals surface area contributed by atoms with Crippen LogP contribution >= 0.6 is 0 Å². The first-order chi connectivity index (χ1) is 20.3. The quantitative estimate of drug-likeness (QED) is 0.183. The normalized spacial score (nSPS) is 13.5. The monoisotopic (exact) mass is 555 g/mol. The minimum atomic E-state index is -0.0575. The molecule has 42 heavy (non-hydrogen) atoms. The number of carbonyl (C=O) groups is 1. The molecule has 0 atom stereocenters. The number of anilines is 1. The predicted octanol–water partition coefficient (Wildman–Crippen LogP) is 8.76. The summed E-state index contributed by atoms with van der Waals surface area (Å²) >= 11 is 0. The highest BCUT2D eigenvalue weighted by molar-refractivity contribution is 6.08.